The number of aliphatic hydroxyl groups is 1. The number of nitrogens with one attached hydrogen (secondary N) is 2. The Morgan fingerprint density at radius 2 is 2.03 bits per heavy atom. The summed E-state index contributed by atoms with van der Waals surface area (Å²) in [5.41, 5.74) is -4.28. The Morgan fingerprint density at radius 1 is 1.32 bits per heavy atom. The molecule has 0 spiro atoms. The summed E-state index contributed by atoms with van der Waals surface area (Å²) in [5.74, 6) is -3.32. The van der Waals surface area contributed by atoms with Crippen LogP contribution in [0.5, 0.6) is 0 Å². The Labute approximate surface area is 188 Å². The summed E-state index contributed by atoms with van der Waals surface area (Å²) in [6.07, 6.45) is -5.97. The lowest BCUT2D eigenvalue weighted by Crippen LogP contribution is -2.40. The van der Waals surface area contributed by atoms with Crippen molar-refractivity contribution in [3.05, 3.63) is 41.2 Å². The molecule has 0 saturated carbocycles. The summed E-state index contributed by atoms with van der Waals surface area (Å²) in [7, 11) is 0. The minimum absolute atomic E-state index is 0.0946. The molecule has 1 aromatic rings. The van der Waals surface area contributed by atoms with Crippen LogP contribution in [0.25, 0.3) is 0 Å². The number of alkyl halides is 6. The van der Waals surface area contributed by atoms with Crippen molar-refractivity contribution in [3.8, 4) is 0 Å². The normalized spacial score (nSPS) is 31.1. The Kier molecular flexibility index (Phi) is 5.51. The van der Waals surface area contributed by atoms with E-state index >= 15 is 0 Å². The van der Waals surface area contributed by atoms with Crippen LogP contribution in [0.3, 0.4) is 0 Å². The molecule has 1 aromatic heterocycles. The van der Waals surface area contributed by atoms with Gasteiger partial charge in [0.05, 0.1) is 28.7 Å². The number of halogens is 6. The van der Waals surface area contributed by atoms with E-state index in [-0.39, 0.29) is 12.8 Å². The van der Waals surface area contributed by atoms with Crippen molar-refractivity contribution in [3.63, 3.8) is 0 Å². The number of aromatic nitrogens is 2. The second-order valence-corrected chi connectivity index (χ2v) is 8.55. The Bertz CT molecular complexity index is 1090. The molecule has 0 aromatic carbocycles. The van der Waals surface area contributed by atoms with Crippen LogP contribution in [0.4, 0.5) is 32.0 Å². The van der Waals surface area contributed by atoms with Gasteiger partial charge in [-0.25, -0.2) is 9.97 Å². The maximum absolute atomic E-state index is 13.3. The summed E-state index contributed by atoms with van der Waals surface area (Å²) in [6.45, 7) is 1.81. The highest BCUT2D eigenvalue weighted by molar-refractivity contribution is 6.17. The van der Waals surface area contributed by atoms with Gasteiger partial charge in [0.1, 0.15) is 17.4 Å². The van der Waals surface area contributed by atoms with Gasteiger partial charge in [-0.15, -0.1) is 0 Å². The average Bonchev–Trinajstić information content (AvgIpc) is 3.08. The van der Waals surface area contributed by atoms with E-state index in [1.807, 2.05) is 0 Å². The first-order valence-corrected chi connectivity index (χ1v) is 10.2. The number of anilines is 1. The number of aldehydes is 1. The van der Waals surface area contributed by atoms with E-state index in [4.69, 9.17) is 0 Å². The second-order valence-electron chi connectivity index (χ2n) is 8.55. The number of carbonyl (C=O) groups excluding carboxylic acids is 2. The van der Waals surface area contributed by atoms with Crippen LogP contribution < -0.4 is 10.6 Å². The maximum Gasteiger partial charge on any atom is 0.451 e. The van der Waals surface area contributed by atoms with Crippen LogP contribution in [-0.2, 0) is 21.3 Å². The Hall–Kier alpha value is -3.00. The van der Waals surface area contributed by atoms with Crippen molar-refractivity contribution in [1.82, 2.24) is 20.2 Å². The van der Waals surface area contributed by atoms with Crippen LogP contribution in [-0.4, -0.2) is 63.0 Å². The fourth-order valence-electron chi connectivity index (χ4n) is 4.39. The van der Waals surface area contributed by atoms with Gasteiger partial charge in [-0.05, 0) is 26.3 Å². The Balaban J connectivity index is 1.72. The molecule has 3 N–H and O–H groups in total. The third-order valence-corrected chi connectivity index (χ3v) is 6.26. The lowest BCUT2D eigenvalue weighted by atomic mass is 9.94. The van der Waals surface area contributed by atoms with Gasteiger partial charge in [0.15, 0.2) is 6.29 Å². The molecule has 14 heteroatoms. The molecule has 34 heavy (non-hydrogen) atoms. The van der Waals surface area contributed by atoms with E-state index in [1.54, 1.807) is 6.92 Å². The Morgan fingerprint density at radius 3 is 2.53 bits per heavy atom. The van der Waals surface area contributed by atoms with Crippen molar-refractivity contribution >= 4 is 17.9 Å². The monoisotopic (exact) mass is 491 g/mol. The van der Waals surface area contributed by atoms with Crippen molar-refractivity contribution in [2.45, 2.75) is 49.2 Å². The van der Waals surface area contributed by atoms with Crippen LogP contribution in [0.2, 0.25) is 0 Å². The van der Waals surface area contributed by atoms with Gasteiger partial charge >= 0.3 is 12.4 Å². The van der Waals surface area contributed by atoms with Crippen LogP contribution >= 0.6 is 0 Å². The van der Waals surface area contributed by atoms with Gasteiger partial charge in [0.25, 0.3) is 5.91 Å². The molecule has 3 aliphatic heterocycles. The SMILES string of the molecule is C[C@]1(/C(O)=C(\C=O)C(=O)Nc2cnc(C(F)(F)F)nc2C23C=CC(C(F)(F)F)N2C3)CCCN1. The summed E-state index contributed by atoms with van der Waals surface area (Å²) in [6, 6.07) is -2.02. The second kappa shape index (κ2) is 7.77. The van der Waals surface area contributed by atoms with Gasteiger partial charge in [0.2, 0.25) is 5.82 Å². The minimum Gasteiger partial charge on any atom is -0.509 e. The molecule has 4 atom stereocenters. The summed E-state index contributed by atoms with van der Waals surface area (Å²) in [4.78, 5) is 31.9. The first-order chi connectivity index (χ1) is 15.7. The quantitative estimate of drug-likeness (QED) is 0.0850. The molecule has 1 amide bonds. The highest BCUT2D eigenvalue weighted by Crippen LogP contribution is 2.54. The summed E-state index contributed by atoms with van der Waals surface area (Å²) in [5, 5.41) is 15.7. The molecule has 0 radical (unpaired) electrons. The number of fused-ring (bicyclic) bond motifs is 1. The zero-order chi connectivity index (χ0) is 25.1. The van der Waals surface area contributed by atoms with E-state index in [2.05, 4.69) is 20.6 Å². The van der Waals surface area contributed by atoms with Gasteiger partial charge in [-0.2, -0.15) is 26.3 Å². The minimum atomic E-state index is -4.99. The highest BCUT2D eigenvalue weighted by atomic mass is 19.4. The summed E-state index contributed by atoms with van der Waals surface area (Å²) >= 11 is 0. The molecular formula is C20H19F6N5O3. The lowest BCUT2D eigenvalue weighted by Gasteiger charge is -2.25. The molecule has 0 aliphatic carbocycles. The van der Waals surface area contributed by atoms with E-state index < -0.39 is 63.9 Å². The lowest BCUT2D eigenvalue weighted by molar-refractivity contribution is -0.157. The van der Waals surface area contributed by atoms with Crippen molar-refractivity contribution in [2.75, 3.05) is 18.4 Å². The number of rotatable bonds is 5. The molecule has 184 valence electrons. The van der Waals surface area contributed by atoms with Gasteiger partial charge < -0.3 is 15.7 Å². The first kappa shape index (κ1) is 24.1. The highest BCUT2D eigenvalue weighted by Gasteiger charge is 2.65. The smallest absolute Gasteiger partial charge is 0.451 e. The number of hydrogen-bond donors (Lipinski definition) is 3. The predicted octanol–water partition coefficient (Wildman–Crippen LogP) is 2.60. The van der Waals surface area contributed by atoms with Crippen LogP contribution in [0.15, 0.2) is 29.7 Å². The van der Waals surface area contributed by atoms with E-state index in [1.165, 1.54) is 0 Å². The fourth-order valence-corrected chi connectivity index (χ4v) is 4.39. The van der Waals surface area contributed by atoms with E-state index in [0.717, 1.165) is 17.1 Å². The first-order valence-electron chi connectivity index (χ1n) is 10.2. The van der Waals surface area contributed by atoms with E-state index in [9.17, 15) is 41.0 Å². The van der Waals surface area contributed by atoms with Crippen molar-refractivity contribution in [1.29, 1.82) is 0 Å². The standard InChI is InChI=1S/C20H19F6N5O3/c1-17(4-2-6-28-17)14(33)10(8-32)15(34)29-11-7-27-16(20(24,25)26)30-13(11)18-5-3-12(19(21,22)23)31(18)9-18/h3,5,7-8,12,28,33H,2,4,6,9H2,1H3,(H,29,34)/b14-10-/t12?,17-,18?,31?/m1/s1. The van der Waals surface area contributed by atoms with Gasteiger partial charge in [-0.3, -0.25) is 14.5 Å². The molecular weight excluding hydrogens is 472 g/mol. The van der Waals surface area contributed by atoms with Crippen LogP contribution in [0.1, 0.15) is 31.3 Å². The fraction of sp³-hybridized carbons (Fsp3) is 0.500. The van der Waals surface area contributed by atoms with Gasteiger partial charge in [-0.1, -0.05) is 12.2 Å². The topological polar surface area (TPSA) is 107 Å². The van der Waals surface area contributed by atoms with Crippen molar-refractivity contribution < 1.29 is 41.0 Å². The molecule has 3 aliphatic rings. The average molecular weight is 491 g/mol. The summed E-state index contributed by atoms with van der Waals surface area (Å²) < 4.78 is 79.5. The molecule has 2 saturated heterocycles. The third kappa shape index (κ3) is 3.94. The molecule has 3 unspecified atom stereocenters. The molecule has 8 nitrogen and oxygen atoms in total. The van der Waals surface area contributed by atoms with Crippen molar-refractivity contribution in [2.24, 2.45) is 0 Å². The molecule has 4 heterocycles. The zero-order valence-corrected chi connectivity index (χ0v) is 17.6. The largest absolute Gasteiger partial charge is 0.509 e. The van der Waals surface area contributed by atoms with E-state index in [0.29, 0.717) is 25.6 Å². The third-order valence-electron chi connectivity index (χ3n) is 6.26. The zero-order valence-electron chi connectivity index (χ0n) is 17.6. The molecule has 0 bridgehead atoms. The molecule has 2 fully saturated rings. The number of hydrogen-bond acceptors (Lipinski definition) is 7. The molecule has 4 rings (SSSR count). The number of nitrogens with zero attached hydrogens (tertiary/aromatic N) is 3. The number of aliphatic hydroxyl groups excluding tert-OH is 1. The number of carbonyl (C=O) groups is 2. The number of amides is 1. The predicted molar refractivity (Wildman–Crippen MR) is 104 cm³/mol. The maximum atomic E-state index is 13.3. The van der Waals surface area contributed by atoms with Gasteiger partial charge in [0, 0.05) is 6.54 Å². The van der Waals surface area contributed by atoms with Crippen LogP contribution in [0, 0.1) is 0 Å².